The maximum Gasteiger partial charge on any atom is 0.407 e. The third-order valence-electron chi connectivity index (χ3n) is 6.49. The van der Waals surface area contributed by atoms with Gasteiger partial charge in [-0.1, -0.05) is 68.3 Å². The van der Waals surface area contributed by atoms with E-state index in [1.54, 1.807) is 0 Å². The van der Waals surface area contributed by atoms with Crippen molar-refractivity contribution < 1.29 is 24.2 Å². The zero-order chi connectivity index (χ0) is 23.4. The highest BCUT2D eigenvalue weighted by Crippen LogP contribution is 2.44. The van der Waals surface area contributed by atoms with Crippen molar-refractivity contribution in [3.8, 4) is 11.1 Å². The van der Waals surface area contributed by atoms with Crippen LogP contribution in [0.3, 0.4) is 0 Å². The summed E-state index contributed by atoms with van der Waals surface area (Å²) < 4.78 is 5.56. The van der Waals surface area contributed by atoms with Crippen molar-refractivity contribution in [2.45, 2.75) is 57.0 Å². The number of carbonyl (C=O) groups is 3. The normalized spacial score (nSPS) is 16.3. The fourth-order valence-corrected chi connectivity index (χ4v) is 4.49. The number of ether oxygens (including phenoxy) is 1. The lowest BCUT2D eigenvalue weighted by atomic mass is 9.98. The number of nitrogens with one attached hydrogen (secondary N) is 2. The maximum atomic E-state index is 12.5. The quantitative estimate of drug-likeness (QED) is 0.506. The fourth-order valence-electron chi connectivity index (χ4n) is 4.49. The molecule has 33 heavy (non-hydrogen) atoms. The molecular formula is C26H30N2O5. The Hall–Kier alpha value is -3.35. The molecule has 7 nitrogen and oxygen atoms in total. The summed E-state index contributed by atoms with van der Waals surface area (Å²) >= 11 is 0. The minimum atomic E-state index is -1.02. The number of amides is 2. The van der Waals surface area contributed by atoms with Crippen LogP contribution in [0.25, 0.3) is 11.1 Å². The Balaban J connectivity index is 1.30. The summed E-state index contributed by atoms with van der Waals surface area (Å²) in [6.45, 7) is 2.06. The van der Waals surface area contributed by atoms with E-state index in [9.17, 15) is 19.5 Å². The molecule has 0 spiro atoms. The fraction of sp³-hybridized carbons (Fsp3) is 0.423. The molecule has 4 rings (SSSR count). The van der Waals surface area contributed by atoms with Gasteiger partial charge >= 0.3 is 12.1 Å². The van der Waals surface area contributed by atoms with Gasteiger partial charge in [-0.05, 0) is 41.0 Å². The molecule has 0 bridgehead atoms. The topological polar surface area (TPSA) is 105 Å². The van der Waals surface area contributed by atoms with E-state index in [1.165, 1.54) is 0 Å². The lowest BCUT2D eigenvalue weighted by Crippen LogP contribution is -2.45. The van der Waals surface area contributed by atoms with Crippen LogP contribution in [0.15, 0.2) is 48.5 Å². The molecule has 2 aliphatic rings. The van der Waals surface area contributed by atoms with Crippen molar-refractivity contribution in [1.82, 2.24) is 10.6 Å². The van der Waals surface area contributed by atoms with E-state index >= 15 is 0 Å². The van der Waals surface area contributed by atoms with E-state index in [4.69, 9.17) is 4.74 Å². The van der Waals surface area contributed by atoms with Crippen LogP contribution in [0.5, 0.6) is 0 Å². The van der Waals surface area contributed by atoms with Gasteiger partial charge in [-0.15, -0.1) is 0 Å². The molecule has 1 fully saturated rings. The van der Waals surface area contributed by atoms with E-state index in [-0.39, 0.29) is 24.9 Å². The Morgan fingerprint density at radius 3 is 2.15 bits per heavy atom. The van der Waals surface area contributed by atoms with Crippen molar-refractivity contribution in [3.63, 3.8) is 0 Å². The number of carbonyl (C=O) groups excluding carboxylic acids is 2. The van der Waals surface area contributed by atoms with Gasteiger partial charge in [0.2, 0.25) is 5.91 Å². The Labute approximate surface area is 193 Å². The first kappa shape index (κ1) is 22.8. The molecule has 2 amide bonds. The zero-order valence-corrected chi connectivity index (χ0v) is 18.8. The Kier molecular flexibility index (Phi) is 6.96. The average Bonchev–Trinajstić information content (AvgIpc) is 3.57. The van der Waals surface area contributed by atoms with Crippen molar-refractivity contribution in [2.75, 3.05) is 6.61 Å². The molecule has 174 valence electrons. The van der Waals surface area contributed by atoms with Crippen LogP contribution >= 0.6 is 0 Å². The first-order valence-electron chi connectivity index (χ1n) is 11.6. The molecular weight excluding hydrogens is 420 g/mol. The van der Waals surface area contributed by atoms with Gasteiger partial charge in [0.25, 0.3) is 0 Å². The van der Waals surface area contributed by atoms with Gasteiger partial charge in [-0.3, -0.25) is 4.79 Å². The first-order valence-corrected chi connectivity index (χ1v) is 11.6. The van der Waals surface area contributed by atoms with Crippen LogP contribution in [-0.4, -0.2) is 41.8 Å². The molecule has 0 radical (unpaired) electrons. The lowest BCUT2D eigenvalue weighted by Gasteiger charge is -2.20. The molecule has 0 aromatic heterocycles. The van der Waals surface area contributed by atoms with Gasteiger partial charge in [0.15, 0.2) is 0 Å². The molecule has 7 heteroatoms. The maximum absolute atomic E-state index is 12.5. The summed E-state index contributed by atoms with van der Waals surface area (Å²) in [7, 11) is 0. The molecule has 2 atom stereocenters. The monoisotopic (exact) mass is 450 g/mol. The second-order valence-corrected chi connectivity index (χ2v) is 8.92. The molecule has 0 aliphatic heterocycles. The van der Waals surface area contributed by atoms with Crippen molar-refractivity contribution in [2.24, 2.45) is 5.92 Å². The van der Waals surface area contributed by atoms with Gasteiger partial charge in [0.1, 0.15) is 12.6 Å². The minimum Gasteiger partial charge on any atom is -0.480 e. The highest BCUT2D eigenvalue weighted by Gasteiger charge is 2.31. The number of alkyl carbamates (subject to hydrolysis) is 1. The van der Waals surface area contributed by atoms with Gasteiger partial charge in [-0.25, -0.2) is 9.59 Å². The lowest BCUT2D eigenvalue weighted by molar-refractivity contribution is -0.142. The molecule has 2 aliphatic carbocycles. The van der Waals surface area contributed by atoms with E-state index in [2.05, 4.69) is 34.9 Å². The Bertz CT molecular complexity index is 987. The van der Waals surface area contributed by atoms with Crippen molar-refractivity contribution in [1.29, 1.82) is 0 Å². The van der Waals surface area contributed by atoms with Crippen LogP contribution in [0.1, 0.15) is 56.1 Å². The molecule has 0 saturated heterocycles. The minimum absolute atomic E-state index is 0.00907. The second kappa shape index (κ2) is 10.1. The van der Waals surface area contributed by atoms with Crippen LogP contribution in [0, 0.1) is 5.92 Å². The Morgan fingerprint density at radius 1 is 1.00 bits per heavy atom. The third-order valence-corrected chi connectivity index (χ3v) is 6.49. The van der Waals surface area contributed by atoms with E-state index in [0.717, 1.165) is 35.1 Å². The number of rotatable bonds is 10. The van der Waals surface area contributed by atoms with Gasteiger partial charge in [0.05, 0.1) is 0 Å². The zero-order valence-electron chi connectivity index (χ0n) is 18.8. The molecule has 3 N–H and O–H groups in total. The molecule has 1 saturated carbocycles. The van der Waals surface area contributed by atoms with Crippen molar-refractivity contribution >= 4 is 18.0 Å². The summed E-state index contributed by atoms with van der Waals surface area (Å²) in [5, 5.41) is 14.7. The standard InChI is InChI=1S/C26H30N2O5/c1-2-17(14-24(29)28-23(25(30)31)13-16-11-12-16)27-26(32)33-15-22-20-9-5-3-7-18(20)19-8-4-6-10-21(19)22/h3-10,16-17,22-23H,2,11-15H2,1H3,(H,27,32)(H,28,29)(H,30,31)/t17?,23-/m0/s1. The molecule has 0 heterocycles. The number of carboxylic acid groups (broad SMARTS) is 1. The Morgan fingerprint density at radius 2 is 1.61 bits per heavy atom. The predicted octanol–water partition coefficient (Wildman–Crippen LogP) is 4.06. The van der Waals surface area contributed by atoms with Gasteiger partial charge in [0, 0.05) is 18.4 Å². The number of fused-ring (bicyclic) bond motifs is 3. The van der Waals surface area contributed by atoms with E-state index < -0.39 is 24.1 Å². The summed E-state index contributed by atoms with van der Waals surface area (Å²) in [5.74, 6) is -1.06. The molecule has 2 aromatic carbocycles. The summed E-state index contributed by atoms with van der Waals surface area (Å²) in [5.41, 5.74) is 4.58. The van der Waals surface area contributed by atoms with Gasteiger partial charge in [-0.2, -0.15) is 0 Å². The number of hydrogen-bond donors (Lipinski definition) is 3. The number of hydrogen-bond acceptors (Lipinski definition) is 4. The summed E-state index contributed by atoms with van der Waals surface area (Å²) in [6.07, 6.45) is 2.44. The predicted molar refractivity (Wildman–Crippen MR) is 124 cm³/mol. The van der Waals surface area contributed by atoms with Crippen LogP contribution in [-0.2, 0) is 14.3 Å². The van der Waals surface area contributed by atoms with E-state index in [0.29, 0.717) is 18.8 Å². The van der Waals surface area contributed by atoms with Crippen molar-refractivity contribution in [3.05, 3.63) is 59.7 Å². The van der Waals surface area contributed by atoms with Crippen LogP contribution < -0.4 is 10.6 Å². The number of aliphatic carboxylic acids is 1. The molecule has 1 unspecified atom stereocenters. The highest BCUT2D eigenvalue weighted by atomic mass is 16.5. The SMILES string of the molecule is CCC(CC(=O)N[C@@H](CC1CC1)C(=O)O)NC(=O)OCC1c2ccccc2-c2ccccc21. The third kappa shape index (κ3) is 5.53. The largest absolute Gasteiger partial charge is 0.480 e. The van der Waals surface area contributed by atoms with Crippen LogP contribution in [0.2, 0.25) is 0 Å². The number of benzene rings is 2. The number of carboxylic acids is 1. The summed E-state index contributed by atoms with van der Waals surface area (Å²) in [6, 6.07) is 14.9. The smallest absolute Gasteiger partial charge is 0.407 e. The van der Waals surface area contributed by atoms with E-state index in [1.807, 2.05) is 31.2 Å². The first-order chi connectivity index (χ1) is 16.0. The van der Waals surface area contributed by atoms with Crippen LogP contribution in [0.4, 0.5) is 4.79 Å². The van der Waals surface area contributed by atoms with Gasteiger partial charge < -0.3 is 20.5 Å². The summed E-state index contributed by atoms with van der Waals surface area (Å²) in [4.78, 5) is 36.3. The average molecular weight is 451 g/mol. The molecule has 2 aromatic rings. The highest BCUT2D eigenvalue weighted by molar-refractivity contribution is 5.84. The second-order valence-electron chi connectivity index (χ2n) is 8.92.